The van der Waals surface area contributed by atoms with E-state index >= 15 is 0 Å². The molecule has 2 rings (SSSR count). The number of benzene rings is 1. The van der Waals surface area contributed by atoms with E-state index in [0.717, 1.165) is 11.3 Å². The van der Waals surface area contributed by atoms with Gasteiger partial charge >= 0.3 is 0 Å². The normalized spacial score (nSPS) is 11.6. The van der Waals surface area contributed by atoms with Crippen molar-refractivity contribution in [3.8, 4) is 11.6 Å². The van der Waals surface area contributed by atoms with E-state index in [4.69, 9.17) is 9.47 Å². The van der Waals surface area contributed by atoms with Crippen molar-refractivity contribution in [1.29, 1.82) is 0 Å². The van der Waals surface area contributed by atoms with Crippen LogP contribution in [-0.4, -0.2) is 48.1 Å². The first kappa shape index (κ1) is 23.5. The number of methoxy groups -OCH3 is 1. The summed E-state index contributed by atoms with van der Waals surface area (Å²) in [5.41, 5.74) is 1.24. The third-order valence-corrected chi connectivity index (χ3v) is 4.85. The largest absolute Gasteiger partial charge is 0.496 e. The Hall–Kier alpha value is -2.74. The van der Waals surface area contributed by atoms with Crippen LogP contribution in [0.1, 0.15) is 36.2 Å². The molecule has 0 saturated carbocycles. The molecule has 7 nitrogen and oxygen atoms in total. The number of amides is 2. The van der Waals surface area contributed by atoms with E-state index in [2.05, 4.69) is 15.6 Å². The minimum atomic E-state index is -0.647. The van der Waals surface area contributed by atoms with Crippen LogP contribution >= 0.6 is 11.8 Å². The number of ether oxygens (including phenoxy) is 2. The summed E-state index contributed by atoms with van der Waals surface area (Å²) in [7, 11) is 1.51. The van der Waals surface area contributed by atoms with Gasteiger partial charge in [0.15, 0.2) is 0 Å². The van der Waals surface area contributed by atoms with Crippen molar-refractivity contribution in [3.05, 3.63) is 53.7 Å². The minimum absolute atomic E-state index is 0.0482. The maximum absolute atomic E-state index is 12.7. The number of para-hydroxylation sites is 1. The maximum atomic E-state index is 12.7. The molecule has 0 fully saturated rings. The van der Waals surface area contributed by atoms with Gasteiger partial charge in [-0.1, -0.05) is 18.2 Å². The topological polar surface area (TPSA) is 89.5 Å². The van der Waals surface area contributed by atoms with E-state index in [1.165, 1.54) is 7.11 Å². The molecule has 2 aromatic rings. The van der Waals surface area contributed by atoms with Crippen LogP contribution in [0, 0.1) is 0 Å². The van der Waals surface area contributed by atoms with Crippen molar-refractivity contribution in [3.63, 3.8) is 0 Å². The smallest absolute Gasteiger partial charge is 0.255 e. The molecule has 1 aromatic carbocycles. The molecule has 0 aliphatic heterocycles. The molecule has 0 aliphatic carbocycles. The average molecular weight is 432 g/mol. The standard InChI is InChI=1S/C22H29N3O4S/c1-15(2)29-20-10-9-16(13-23-20)14-24-22(27)18(11-12-30-4)25-21(26)17-7-5-6-8-19(17)28-3/h5-10,13,15,18H,11-12,14H2,1-4H3,(H,24,27)(H,25,26). The summed E-state index contributed by atoms with van der Waals surface area (Å²) in [5.74, 6) is 1.17. The number of aromatic nitrogens is 1. The third kappa shape index (κ3) is 7.26. The summed E-state index contributed by atoms with van der Waals surface area (Å²) >= 11 is 1.62. The highest BCUT2D eigenvalue weighted by atomic mass is 32.2. The van der Waals surface area contributed by atoms with Crippen LogP contribution < -0.4 is 20.1 Å². The molecule has 2 amide bonds. The molecular formula is C22H29N3O4S. The molecule has 0 bridgehead atoms. The van der Waals surface area contributed by atoms with Gasteiger partial charge in [-0.25, -0.2) is 4.98 Å². The Morgan fingerprint density at radius 2 is 1.93 bits per heavy atom. The summed E-state index contributed by atoms with van der Waals surface area (Å²) in [6.45, 7) is 4.18. The van der Waals surface area contributed by atoms with Gasteiger partial charge in [0.1, 0.15) is 11.8 Å². The number of nitrogens with zero attached hydrogens (tertiary/aromatic N) is 1. The van der Waals surface area contributed by atoms with E-state index in [9.17, 15) is 9.59 Å². The Balaban J connectivity index is 1.99. The van der Waals surface area contributed by atoms with Crippen molar-refractivity contribution >= 4 is 23.6 Å². The molecule has 1 aromatic heterocycles. The molecule has 30 heavy (non-hydrogen) atoms. The summed E-state index contributed by atoms with van der Waals surface area (Å²) in [6, 6.07) is 9.92. The fourth-order valence-corrected chi connectivity index (χ4v) is 3.18. The van der Waals surface area contributed by atoms with Gasteiger partial charge in [0.2, 0.25) is 11.8 Å². The van der Waals surface area contributed by atoms with Crippen molar-refractivity contribution in [2.75, 3.05) is 19.1 Å². The van der Waals surface area contributed by atoms with Crippen LogP contribution in [0.3, 0.4) is 0 Å². The Labute approximate surface area is 181 Å². The minimum Gasteiger partial charge on any atom is -0.496 e. The quantitative estimate of drug-likeness (QED) is 0.568. The Bertz CT molecular complexity index is 827. The zero-order valence-corrected chi connectivity index (χ0v) is 18.6. The summed E-state index contributed by atoms with van der Waals surface area (Å²) in [5, 5.41) is 5.71. The van der Waals surface area contributed by atoms with Gasteiger partial charge in [0.05, 0.1) is 18.8 Å². The SMILES string of the molecule is COc1ccccc1C(=O)NC(CCSC)C(=O)NCc1ccc(OC(C)C)nc1. The third-order valence-electron chi connectivity index (χ3n) is 4.20. The van der Waals surface area contributed by atoms with E-state index in [0.29, 0.717) is 30.2 Å². The lowest BCUT2D eigenvalue weighted by molar-refractivity contribution is -0.123. The fraction of sp³-hybridized carbons (Fsp3) is 0.409. The van der Waals surface area contributed by atoms with Crippen molar-refractivity contribution < 1.29 is 19.1 Å². The molecule has 0 spiro atoms. The number of pyridine rings is 1. The average Bonchev–Trinajstić information content (AvgIpc) is 2.75. The lowest BCUT2D eigenvalue weighted by Crippen LogP contribution is -2.47. The molecule has 0 radical (unpaired) electrons. The highest BCUT2D eigenvalue weighted by molar-refractivity contribution is 7.98. The lowest BCUT2D eigenvalue weighted by atomic mass is 10.1. The van der Waals surface area contributed by atoms with Gasteiger partial charge in [0, 0.05) is 18.8 Å². The maximum Gasteiger partial charge on any atom is 0.255 e. The van der Waals surface area contributed by atoms with E-state index in [1.807, 2.05) is 26.2 Å². The molecule has 1 atom stereocenters. The number of thioether (sulfide) groups is 1. The summed E-state index contributed by atoms with van der Waals surface area (Å²) in [6.07, 6.45) is 4.20. The molecular weight excluding hydrogens is 402 g/mol. The number of nitrogens with one attached hydrogen (secondary N) is 2. The van der Waals surface area contributed by atoms with Crippen molar-refractivity contribution in [2.24, 2.45) is 0 Å². The van der Waals surface area contributed by atoms with Crippen LogP contribution in [-0.2, 0) is 11.3 Å². The van der Waals surface area contributed by atoms with Gasteiger partial charge in [-0.3, -0.25) is 9.59 Å². The van der Waals surface area contributed by atoms with Crippen LogP contribution in [0.2, 0.25) is 0 Å². The predicted octanol–water partition coefficient (Wildman–Crippen LogP) is 3.05. The summed E-state index contributed by atoms with van der Waals surface area (Å²) < 4.78 is 10.8. The molecule has 0 saturated heterocycles. The first-order chi connectivity index (χ1) is 14.4. The molecule has 0 aliphatic rings. The van der Waals surface area contributed by atoms with Crippen molar-refractivity contribution in [1.82, 2.24) is 15.6 Å². The van der Waals surface area contributed by atoms with Gasteiger partial charge in [-0.15, -0.1) is 0 Å². The second-order valence-electron chi connectivity index (χ2n) is 6.90. The molecule has 2 N–H and O–H groups in total. The number of hydrogen-bond donors (Lipinski definition) is 2. The second-order valence-corrected chi connectivity index (χ2v) is 7.88. The highest BCUT2D eigenvalue weighted by Crippen LogP contribution is 2.17. The number of rotatable bonds is 11. The van der Waals surface area contributed by atoms with Gasteiger partial charge in [0.25, 0.3) is 5.91 Å². The van der Waals surface area contributed by atoms with E-state index in [1.54, 1.807) is 48.3 Å². The summed E-state index contributed by atoms with van der Waals surface area (Å²) in [4.78, 5) is 29.7. The number of carbonyl (C=O) groups is 2. The first-order valence-corrected chi connectivity index (χ1v) is 11.2. The Morgan fingerprint density at radius 3 is 2.57 bits per heavy atom. The fourth-order valence-electron chi connectivity index (χ4n) is 2.71. The Kier molecular flexibility index (Phi) is 9.47. The van der Waals surface area contributed by atoms with Gasteiger partial charge < -0.3 is 20.1 Å². The number of carbonyl (C=O) groups excluding carboxylic acids is 2. The lowest BCUT2D eigenvalue weighted by Gasteiger charge is -2.19. The molecule has 1 unspecified atom stereocenters. The zero-order valence-electron chi connectivity index (χ0n) is 17.8. The Morgan fingerprint density at radius 1 is 1.17 bits per heavy atom. The first-order valence-electron chi connectivity index (χ1n) is 9.76. The van der Waals surface area contributed by atoms with Crippen LogP contribution in [0.4, 0.5) is 0 Å². The monoisotopic (exact) mass is 431 g/mol. The molecule has 8 heteroatoms. The second kappa shape index (κ2) is 12.1. The highest BCUT2D eigenvalue weighted by Gasteiger charge is 2.22. The van der Waals surface area contributed by atoms with Crippen LogP contribution in [0.15, 0.2) is 42.6 Å². The molecule has 162 valence electrons. The zero-order chi connectivity index (χ0) is 21.9. The van der Waals surface area contributed by atoms with Gasteiger partial charge in [-0.05, 0) is 50.0 Å². The van der Waals surface area contributed by atoms with E-state index < -0.39 is 6.04 Å². The molecule has 1 heterocycles. The van der Waals surface area contributed by atoms with Crippen LogP contribution in [0.5, 0.6) is 11.6 Å². The number of hydrogen-bond acceptors (Lipinski definition) is 6. The van der Waals surface area contributed by atoms with Crippen molar-refractivity contribution in [2.45, 2.75) is 39.0 Å². The van der Waals surface area contributed by atoms with Crippen LogP contribution in [0.25, 0.3) is 0 Å². The predicted molar refractivity (Wildman–Crippen MR) is 119 cm³/mol. The van der Waals surface area contributed by atoms with E-state index in [-0.39, 0.29) is 17.9 Å². The van der Waals surface area contributed by atoms with Gasteiger partial charge in [-0.2, -0.15) is 11.8 Å².